The molecule has 24 heavy (non-hydrogen) atoms. The summed E-state index contributed by atoms with van der Waals surface area (Å²) in [6, 6.07) is 15.8. The molecule has 0 saturated carbocycles. The predicted molar refractivity (Wildman–Crippen MR) is 94.3 cm³/mol. The van der Waals surface area contributed by atoms with Crippen molar-refractivity contribution in [2.75, 3.05) is 17.2 Å². The number of ether oxygens (including phenoxy) is 1. The van der Waals surface area contributed by atoms with Crippen molar-refractivity contribution in [1.29, 1.82) is 0 Å². The zero-order chi connectivity index (χ0) is 17.4. The lowest BCUT2D eigenvalue weighted by atomic mass is 10.3. The van der Waals surface area contributed by atoms with Crippen molar-refractivity contribution in [2.24, 2.45) is 0 Å². The average Bonchev–Trinajstić information content (AvgIpc) is 2.55. The van der Waals surface area contributed by atoms with Crippen LogP contribution in [-0.4, -0.2) is 24.6 Å². The highest BCUT2D eigenvalue weighted by Crippen LogP contribution is 2.14. The monoisotopic (exact) mass is 327 g/mol. The molecule has 0 aliphatic rings. The smallest absolute Gasteiger partial charge is 0.319 e. The first kappa shape index (κ1) is 17.3. The van der Waals surface area contributed by atoms with Crippen LogP contribution >= 0.6 is 0 Å². The van der Waals surface area contributed by atoms with Crippen molar-refractivity contribution in [3.05, 3.63) is 54.6 Å². The van der Waals surface area contributed by atoms with Gasteiger partial charge in [0.2, 0.25) is 0 Å². The molecule has 126 valence electrons. The summed E-state index contributed by atoms with van der Waals surface area (Å²) < 4.78 is 5.38. The Morgan fingerprint density at radius 3 is 2.08 bits per heavy atom. The van der Waals surface area contributed by atoms with Crippen LogP contribution in [0.1, 0.15) is 13.8 Å². The van der Waals surface area contributed by atoms with E-state index in [0.717, 1.165) is 0 Å². The summed E-state index contributed by atoms with van der Waals surface area (Å²) in [7, 11) is 0. The minimum atomic E-state index is -0.266. The average molecular weight is 327 g/mol. The second kappa shape index (κ2) is 8.57. The van der Waals surface area contributed by atoms with Gasteiger partial charge < -0.3 is 20.7 Å². The molecule has 6 nitrogen and oxygen atoms in total. The normalized spacial score (nSPS) is 10.1. The summed E-state index contributed by atoms with van der Waals surface area (Å²) in [5.74, 6) is 0.389. The molecule has 0 aliphatic carbocycles. The Morgan fingerprint density at radius 1 is 0.917 bits per heavy atom. The van der Waals surface area contributed by atoms with Crippen LogP contribution in [0.2, 0.25) is 0 Å². The number of nitrogens with one attached hydrogen (secondary N) is 3. The van der Waals surface area contributed by atoms with Crippen molar-refractivity contribution in [1.82, 2.24) is 5.32 Å². The Kier molecular flexibility index (Phi) is 6.19. The number of amides is 3. The number of hydrogen-bond acceptors (Lipinski definition) is 3. The number of hydrogen-bond donors (Lipinski definition) is 3. The van der Waals surface area contributed by atoms with Crippen molar-refractivity contribution >= 4 is 23.3 Å². The number of benzene rings is 2. The lowest BCUT2D eigenvalue weighted by Gasteiger charge is -2.11. The third-order valence-corrected chi connectivity index (χ3v) is 2.96. The van der Waals surface area contributed by atoms with Crippen LogP contribution in [0.5, 0.6) is 5.75 Å². The number of carbonyl (C=O) groups excluding carboxylic acids is 2. The molecule has 0 heterocycles. The Labute approximate surface area is 141 Å². The molecule has 0 fully saturated rings. The number of rotatable bonds is 6. The van der Waals surface area contributed by atoms with E-state index in [-0.39, 0.29) is 24.6 Å². The van der Waals surface area contributed by atoms with E-state index in [4.69, 9.17) is 4.74 Å². The Balaban J connectivity index is 1.80. The summed E-state index contributed by atoms with van der Waals surface area (Å²) in [4.78, 5) is 23.5. The van der Waals surface area contributed by atoms with E-state index in [0.29, 0.717) is 17.1 Å². The van der Waals surface area contributed by atoms with E-state index in [9.17, 15) is 9.59 Å². The SMILES string of the molecule is CC(C)NC(=O)Nc1ccc(NC(=O)COc2ccccc2)cc1. The van der Waals surface area contributed by atoms with Gasteiger partial charge in [0.1, 0.15) is 5.75 Å². The molecule has 2 rings (SSSR count). The molecule has 0 aliphatic heterocycles. The van der Waals surface area contributed by atoms with Gasteiger partial charge in [0.25, 0.3) is 5.91 Å². The minimum Gasteiger partial charge on any atom is -0.484 e. The lowest BCUT2D eigenvalue weighted by molar-refractivity contribution is -0.118. The van der Waals surface area contributed by atoms with Gasteiger partial charge in [-0.15, -0.1) is 0 Å². The fourth-order valence-corrected chi connectivity index (χ4v) is 1.93. The van der Waals surface area contributed by atoms with Gasteiger partial charge in [0.05, 0.1) is 0 Å². The molecule has 0 radical (unpaired) electrons. The van der Waals surface area contributed by atoms with E-state index in [1.54, 1.807) is 36.4 Å². The van der Waals surface area contributed by atoms with Crippen LogP contribution in [0, 0.1) is 0 Å². The Bertz CT molecular complexity index is 670. The first-order chi connectivity index (χ1) is 11.5. The second-order valence-corrected chi connectivity index (χ2v) is 5.48. The molecule has 0 spiro atoms. The van der Waals surface area contributed by atoms with Gasteiger partial charge in [-0.05, 0) is 50.2 Å². The van der Waals surface area contributed by atoms with Crippen LogP contribution in [0.3, 0.4) is 0 Å². The van der Waals surface area contributed by atoms with E-state index < -0.39 is 0 Å². The maximum atomic E-state index is 11.9. The highest BCUT2D eigenvalue weighted by molar-refractivity contribution is 5.93. The molecule has 3 amide bonds. The maximum absolute atomic E-state index is 11.9. The standard InChI is InChI=1S/C18H21N3O3/c1-13(2)19-18(23)21-15-10-8-14(9-11-15)20-17(22)12-24-16-6-4-3-5-7-16/h3-11,13H,12H2,1-2H3,(H,20,22)(H2,19,21,23). The molecule has 0 bridgehead atoms. The molecule has 3 N–H and O–H groups in total. The topological polar surface area (TPSA) is 79.5 Å². The van der Waals surface area contributed by atoms with Crippen LogP contribution in [0.25, 0.3) is 0 Å². The van der Waals surface area contributed by atoms with Gasteiger partial charge in [0, 0.05) is 17.4 Å². The third-order valence-electron chi connectivity index (χ3n) is 2.96. The van der Waals surface area contributed by atoms with Gasteiger partial charge in [-0.25, -0.2) is 4.79 Å². The second-order valence-electron chi connectivity index (χ2n) is 5.48. The van der Waals surface area contributed by atoms with Crippen LogP contribution in [0.15, 0.2) is 54.6 Å². The summed E-state index contributed by atoms with van der Waals surface area (Å²) in [5.41, 5.74) is 1.28. The first-order valence-electron chi connectivity index (χ1n) is 7.68. The fraction of sp³-hybridized carbons (Fsp3) is 0.222. The van der Waals surface area contributed by atoms with Gasteiger partial charge in [-0.1, -0.05) is 18.2 Å². The van der Waals surface area contributed by atoms with Gasteiger partial charge in [0.15, 0.2) is 6.61 Å². The third kappa shape index (κ3) is 6.00. The van der Waals surface area contributed by atoms with Crippen molar-refractivity contribution in [2.45, 2.75) is 19.9 Å². The van der Waals surface area contributed by atoms with Crippen molar-refractivity contribution in [3.63, 3.8) is 0 Å². The lowest BCUT2D eigenvalue weighted by Crippen LogP contribution is -2.34. The molecule has 2 aromatic carbocycles. The highest BCUT2D eigenvalue weighted by atomic mass is 16.5. The van der Waals surface area contributed by atoms with Crippen molar-refractivity contribution < 1.29 is 14.3 Å². The molecular formula is C18H21N3O3. The molecule has 0 unspecified atom stereocenters. The molecule has 0 atom stereocenters. The maximum Gasteiger partial charge on any atom is 0.319 e. The van der Waals surface area contributed by atoms with Crippen LogP contribution in [0.4, 0.5) is 16.2 Å². The Morgan fingerprint density at radius 2 is 1.50 bits per heavy atom. The summed E-state index contributed by atoms with van der Waals surface area (Å²) in [6.45, 7) is 3.70. The van der Waals surface area contributed by atoms with Gasteiger partial charge in [-0.2, -0.15) is 0 Å². The largest absolute Gasteiger partial charge is 0.484 e. The fourth-order valence-electron chi connectivity index (χ4n) is 1.93. The number of anilines is 2. The van der Waals surface area contributed by atoms with Gasteiger partial charge in [-0.3, -0.25) is 4.79 Å². The number of urea groups is 1. The Hall–Kier alpha value is -3.02. The zero-order valence-corrected chi connectivity index (χ0v) is 13.7. The van der Waals surface area contributed by atoms with E-state index in [1.165, 1.54) is 0 Å². The zero-order valence-electron chi connectivity index (χ0n) is 13.7. The van der Waals surface area contributed by atoms with Crippen molar-refractivity contribution in [3.8, 4) is 5.75 Å². The number of carbonyl (C=O) groups is 2. The first-order valence-corrected chi connectivity index (χ1v) is 7.68. The molecule has 2 aromatic rings. The quantitative estimate of drug-likeness (QED) is 0.762. The number of para-hydroxylation sites is 1. The minimum absolute atomic E-state index is 0.0631. The molecule has 0 aromatic heterocycles. The van der Waals surface area contributed by atoms with E-state index in [2.05, 4.69) is 16.0 Å². The summed E-state index contributed by atoms with van der Waals surface area (Å²) >= 11 is 0. The molecule has 0 saturated heterocycles. The predicted octanol–water partition coefficient (Wildman–Crippen LogP) is 3.23. The van der Waals surface area contributed by atoms with E-state index in [1.807, 2.05) is 32.0 Å². The van der Waals surface area contributed by atoms with Crippen LogP contribution < -0.4 is 20.7 Å². The summed E-state index contributed by atoms with van der Waals surface area (Å²) in [6.07, 6.45) is 0. The highest BCUT2D eigenvalue weighted by Gasteiger charge is 2.05. The van der Waals surface area contributed by atoms with Gasteiger partial charge >= 0.3 is 6.03 Å². The van der Waals surface area contributed by atoms with E-state index >= 15 is 0 Å². The summed E-state index contributed by atoms with van der Waals surface area (Å²) in [5, 5.41) is 8.18. The molecular weight excluding hydrogens is 306 g/mol. The molecule has 6 heteroatoms. The van der Waals surface area contributed by atoms with Crippen LogP contribution in [-0.2, 0) is 4.79 Å².